The summed E-state index contributed by atoms with van der Waals surface area (Å²) < 4.78 is 5.85. The first-order valence-electron chi connectivity index (χ1n) is 5.73. The van der Waals surface area contributed by atoms with Crippen LogP contribution in [0.2, 0.25) is 0 Å². The van der Waals surface area contributed by atoms with Crippen LogP contribution < -0.4 is 10.2 Å². The van der Waals surface area contributed by atoms with Crippen LogP contribution in [0.4, 0.5) is 5.82 Å². The van der Waals surface area contributed by atoms with Crippen LogP contribution in [-0.4, -0.2) is 48.6 Å². The molecule has 1 aromatic heterocycles. The summed E-state index contributed by atoms with van der Waals surface area (Å²) in [7, 11) is 0. The summed E-state index contributed by atoms with van der Waals surface area (Å²) in [5.41, 5.74) is 0.957. The molecule has 1 aromatic rings. The highest BCUT2D eigenvalue weighted by atomic mass is 16.5. The predicted molar refractivity (Wildman–Crippen MR) is 60.5 cm³/mol. The minimum absolute atomic E-state index is 0.288. The van der Waals surface area contributed by atoms with Gasteiger partial charge in [-0.25, -0.2) is 0 Å². The van der Waals surface area contributed by atoms with E-state index in [9.17, 15) is 0 Å². The molecule has 2 bridgehead atoms. The number of ether oxygens (including phenoxy) is 1. The van der Waals surface area contributed by atoms with Gasteiger partial charge in [0.2, 0.25) is 0 Å². The second-order valence-electron chi connectivity index (χ2n) is 4.48. The summed E-state index contributed by atoms with van der Waals surface area (Å²) in [5, 5.41) is 11.7. The lowest BCUT2D eigenvalue weighted by Gasteiger charge is -2.42. The van der Waals surface area contributed by atoms with Crippen molar-refractivity contribution in [1.82, 2.24) is 15.5 Å². The van der Waals surface area contributed by atoms with Gasteiger partial charge in [-0.15, -0.1) is 5.10 Å². The van der Waals surface area contributed by atoms with Crippen LogP contribution in [-0.2, 0) is 4.74 Å². The number of aromatic nitrogens is 2. The van der Waals surface area contributed by atoms with Crippen LogP contribution in [0.1, 0.15) is 5.69 Å². The lowest BCUT2D eigenvalue weighted by atomic mass is 10.1. The second kappa shape index (κ2) is 3.99. The van der Waals surface area contributed by atoms with Gasteiger partial charge in [-0.3, -0.25) is 0 Å². The number of rotatable bonds is 1. The van der Waals surface area contributed by atoms with Crippen molar-refractivity contribution in [3.63, 3.8) is 0 Å². The number of aryl methyl sites for hydroxylation is 1. The molecule has 2 atom stereocenters. The van der Waals surface area contributed by atoms with Gasteiger partial charge >= 0.3 is 0 Å². The van der Waals surface area contributed by atoms with E-state index < -0.39 is 0 Å². The molecule has 2 aliphatic heterocycles. The quantitative estimate of drug-likeness (QED) is 0.720. The average molecular weight is 220 g/mol. The molecule has 86 valence electrons. The normalized spacial score (nSPS) is 29.2. The van der Waals surface area contributed by atoms with Crippen molar-refractivity contribution in [3.05, 3.63) is 17.8 Å². The van der Waals surface area contributed by atoms with E-state index in [1.54, 1.807) is 0 Å². The molecule has 2 aliphatic rings. The number of fused-ring (bicyclic) bond motifs is 2. The SMILES string of the molecule is Cc1ccc(N2CC3CNCC(C2)O3)nn1. The van der Waals surface area contributed by atoms with E-state index in [2.05, 4.69) is 20.4 Å². The van der Waals surface area contributed by atoms with Crippen molar-refractivity contribution >= 4 is 5.82 Å². The Balaban J connectivity index is 1.77. The Morgan fingerprint density at radius 3 is 2.62 bits per heavy atom. The van der Waals surface area contributed by atoms with Crippen LogP contribution in [0.5, 0.6) is 0 Å². The molecule has 0 saturated carbocycles. The van der Waals surface area contributed by atoms with Crippen LogP contribution >= 0.6 is 0 Å². The van der Waals surface area contributed by atoms with Gasteiger partial charge in [0.25, 0.3) is 0 Å². The molecule has 2 saturated heterocycles. The zero-order chi connectivity index (χ0) is 11.0. The van der Waals surface area contributed by atoms with Crippen LogP contribution in [0, 0.1) is 6.92 Å². The van der Waals surface area contributed by atoms with Gasteiger partial charge in [0.15, 0.2) is 5.82 Å². The zero-order valence-corrected chi connectivity index (χ0v) is 9.39. The summed E-state index contributed by atoms with van der Waals surface area (Å²) in [4.78, 5) is 2.27. The molecular weight excluding hydrogens is 204 g/mol. The fourth-order valence-electron chi connectivity index (χ4n) is 2.30. The van der Waals surface area contributed by atoms with E-state index in [-0.39, 0.29) is 12.2 Å². The molecule has 2 unspecified atom stereocenters. The fraction of sp³-hybridized carbons (Fsp3) is 0.636. The number of morpholine rings is 2. The Labute approximate surface area is 94.8 Å². The van der Waals surface area contributed by atoms with Gasteiger partial charge in [0, 0.05) is 26.2 Å². The Hall–Kier alpha value is -1.20. The maximum absolute atomic E-state index is 5.85. The number of hydrogen-bond donors (Lipinski definition) is 1. The first kappa shape index (κ1) is 9.99. The molecule has 1 N–H and O–H groups in total. The van der Waals surface area contributed by atoms with Gasteiger partial charge in [-0.2, -0.15) is 5.10 Å². The molecule has 5 heteroatoms. The van der Waals surface area contributed by atoms with E-state index in [0.717, 1.165) is 37.7 Å². The summed E-state index contributed by atoms with van der Waals surface area (Å²) in [5.74, 6) is 0.964. The van der Waals surface area contributed by atoms with Gasteiger partial charge in [-0.1, -0.05) is 0 Å². The highest BCUT2D eigenvalue weighted by molar-refractivity contribution is 5.38. The summed E-state index contributed by atoms with van der Waals surface area (Å²) in [6.45, 7) is 5.63. The van der Waals surface area contributed by atoms with Crippen molar-refractivity contribution in [2.75, 3.05) is 31.1 Å². The van der Waals surface area contributed by atoms with Crippen molar-refractivity contribution in [2.24, 2.45) is 0 Å². The van der Waals surface area contributed by atoms with E-state index in [1.807, 2.05) is 19.1 Å². The van der Waals surface area contributed by atoms with Crippen molar-refractivity contribution in [2.45, 2.75) is 19.1 Å². The standard InChI is InChI=1S/C11H16N4O/c1-8-2-3-11(14-13-8)15-6-9-4-12-5-10(7-15)16-9/h2-3,9-10,12H,4-7H2,1H3. The summed E-state index contributed by atoms with van der Waals surface area (Å²) >= 11 is 0. The third kappa shape index (κ3) is 1.88. The third-order valence-corrected chi connectivity index (χ3v) is 3.08. The molecule has 0 aromatic carbocycles. The predicted octanol–water partition coefficient (Wildman–Crippen LogP) is -0.0380. The molecule has 0 spiro atoms. The summed E-state index contributed by atoms with van der Waals surface area (Å²) in [6.07, 6.45) is 0.575. The lowest BCUT2D eigenvalue weighted by Crippen LogP contribution is -2.58. The minimum Gasteiger partial charge on any atom is -0.369 e. The molecular formula is C11H16N4O. The van der Waals surface area contributed by atoms with Crippen molar-refractivity contribution < 1.29 is 4.74 Å². The van der Waals surface area contributed by atoms with Gasteiger partial charge < -0.3 is 15.0 Å². The molecule has 0 aliphatic carbocycles. The number of nitrogens with zero attached hydrogens (tertiary/aromatic N) is 3. The topological polar surface area (TPSA) is 50.3 Å². The van der Waals surface area contributed by atoms with Crippen LogP contribution in [0.15, 0.2) is 12.1 Å². The Kier molecular flexibility index (Phi) is 2.49. The Morgan fingerprint density at radius 2 is 2.00 bits per heavy atom. The largest absolute Gasteiger partial charge is 0.369 e. The molecule has 16 heavy (non-hydrogen) atoms. The van der Waals surface area contributed by atoms with E-state index in [4.69, 9.17) is 4.74 Å². The molecule has 0 amide bonds. The molecule has 3 rings (SSSR count). The van der Waals surface area contributed by atoms with Gasteiger partial charge in [0.1, 0.15) is 0 Å². The fourth-order valence-corrected chi connectivity index (χ4v) is 2.30. The first-order chi connectivity index (χ1) is 7.81. The minimum atomic E-state index is 0.288. The molecule has 0 radical (unpaired) electrons. The molecule has 3 heterocycles. The molecule has 2 fully saturated rings. The highest BCUT2D eigenvalue weighted by Crippen LogP contribution is 2.19. The van der Waals surface area contributed by atoms with Gasteiger partial charge in [-0.05, 0) is 19.1 Å². The van der Waals surface area contributed by atoms with E-state index in [1.165, 1.54) is 0 Å². The first-order valence-corrected chi connectivity index (χ1v) is 5.73. The average Bonchev–Trinajstić information content (AvgIpc) is 2.29. The monoisotopic (exact) mass is 220 g/mol. The smallest absolute Gasteiger partial charge is 0.151 e. The van der Waals surface area contributed by atoms with Crippen molar-refractivity contribution in [3.8, 4) is 0 Å². The Bertz CT molecular complexity index is 355. The Morgan fingerprint density at radius 1 is 1.25 bits per heavy atom. The lowest BCUT2D eigenvalue weighted by molar-refractivity contribution is -0.0486. The van der Waals surface area contributed by atoms with E-state index >= 15 is 0 Å². The maximum atomic E-state index is 5.85. The number of anilines is 1. The third-order valence-electron chi connectivity index (χ3n) is 3.08. The van der Waals surface area contributed by atoms with E-state index in [0.29, 0.717) is 0 Å². The zero-order valence-electron chi connectivity index (χ0n) is 9.39. The van der Waals surface area contributed by atoms with Crippen LogP contribution in [0.25, 0.3) is 0 Å². The second-order valence-corrected chi connectivity index (χ2v) is 4.48. The van der Waals surface area contributed by atoms with Crippen LogP contribution in [0.3, 0.4) is 0 Å². The van der Waals surface area contributed by atoms with Crippen molar-refractivity contribution in [1.29, 1.82) is 0 Å². The number of nitrogens with one attached hydrogen (secondary N) is 1. The summed E-state index contributed by atoms with van der Waals surface area (Å²) in [6, 6.07) is 4.04. The highest BCUT2D eigenvalue weighted by Gasteiger charge is 2.31. The maximum Gasteiger partial charge on any atom is 0.151 e. The molecule has 5 nitrogen and oxygen atoms in total. The number of hydrogen-bond acceptors (Lipinski definition) is 5. The van der Waals surface area contributed by atoms with Gasteiger partial charge in [0.05, 0.1) is 17.9 Å².